The summed E-state index contributed by atoms with van der Waals surface area (Å²) in [5.41, 5.74) is 0.812. The Bertz CT molecular complexity index is 869. The summed E-state index contributed by atoms with van der Waals surface area (Å²) in [6.07, 6.45) is 0. The third kappa shape index (κ3) is 4.75. The minimum Gasteiger partial charge on any atom is -0.496 e. The van der Waals surface area contributed by atoms with Crippen LogP contribution in [0.1, 0.15) is 18.5 Å². The van der Waals surface area contributed by atoms with Crippen molar-refractivity contribution in [2.24, 2.45) is 0 Å². The Kier molecular flexibility index (Phi) is 6.63. The van der Waals surface area contributed by atoms with Gasteiger partial charge in [-0.2, -0.15) is 4.31 Å². The molecule has 0 fully saturated rings. The molecule has 2 rings (SSSR count). The quantitative estimate of drug-likeness (QED) is 0.780. The number of nitrogens with zero attached hydrogens (tertiary/aromatic N) is 1. The highest BCUT2D eigenvalue weighted by molar-refractivity contribution is 7.89. The van der Waals surface area contributed by atoms with Crippen LogP contribution in [-0.4, -0.2) is 39.3 Å². The Labute approximate surface area is 158 Å². The molecule has 0 radical (unpaired) electrons. The molecule has 1 N–H and O–H groups in total. The first-order valence-corrected chi connectivity index (χ1v) is 9.71. The number of likely N-dealkylation sites (N-methyl/N-ethyl adjacent to an activating group) is 1. The molecule has 140 valence electrons. The fraction of sp³-hybridized carbons (Fsp3) is 0.278. The first-order valence-electron chi connectivity index (χ1n) is 7.90. The van der Waals surface area contributed by atoms with Crippen LogP contribution in [0.3, 0.4) is 0 Å². The third-order valence-corrected chi connectivity index (χ3v) is 5.94. The number of carbonyl (C=O) groups excluding carboxylic acids is 1. The van der Waals surface area contributed by atoms with Gasteiger partial charge in [0.05, 0.1) is 24.6 Å². The maximum absolute atomic E-state index is 12.5. The molecule has 0 unspecified atom stereocenters. The first kappa shape index (κ1) is 20.2. The zero-order chi connectivity index (χ0) is 19.3. The summed E-state index contributed by atoms with van der Waals surface area (Å²) in [6, 6.07) is 12.8. The summed E-state index contributed by atoms with van der Waals surface area (Å²) < 4.78 is 31.3. The minimum absolute atomic E-state index is 0.0787. The van der Waals surface area contributed by atoms with Crippen molar-refractivity contribution < 1.29 is 17.9 Å². The molecule has 0 aliphatic carbocycles. The van der Waals surface area contributed by atoms with Crippen LogP contribution >= 0.6 is 11.6 Å². The summed E-state index contributed by atoms with van der Waals surface area (Å²) >= 11 is 5.78. The molecular weight excluding hydrogens is 376 g/mol. The van der Waals surface area contributed by atoms with Crippen LogP contribution < -0.4 is 10.1 Å². The van der Waals surface area contributed by atoms with Gasteiger partial charge < -0.3 is 10.1 Å². The summed E-state index contributed by atoms with van der Waals surface area (Å²) in [6.45, 7) is 1.51. The number of ether oxygens (including phenoxy) is 1. The van der Waals surface area contributed by atoms with E-state index in [-0.39, 0.29) is 17.5 Å². The molecule has 8 heteroatoms. The van der Waals surface area contributed by atoms with E-state index in [4.69, 9.17) is 16.3 Å². The van der Waals surface area contributed by atoms with Crippen molar-refractivity contribution >= 4 is 27.5 Å². The average molecular weight is 397 g/mol. The van der Waals surface area contributed by atoms with Crippen molar-refractivity contribution in [3.05, 3.63) is 59.1 Å². The van der Waals surface area contributed by atoms with Crippen LogP contribution in [0.4, 0.5) is 0 Å². The van der Waals surface area contributed by atoms with E-state index in [1.54, 1.807) is 13.2 Å². The van der Waals surface area contributed by atoms with E-state index >= 15 is 0 Å². The molecule has 0 heterocycles. The van der Waals surface area contributed by atoms with Crippen LogP contribution in [0.15, 0.2) is 53.4 Å². The molecule has 0 aliphatic heterocycles. The number of para-hydroxylation sites is 1. The number of hydrogen-bond donors (Lipinski definition) is 1. The molecule has 2 aromatic carbocycles. The van der Waals surface area contributed by atoms with Crippen molar-refractivity contribution in [2.45, 2.75) is 17.9 Å². The van der Waals surface area contributed by atoms with Gasteiger partial charge in [0, 0.05) is 17.6 Å². The highest BCUT2D eigenvalue weighted by atomic mass is 35.5. The number of methoxy groups -OCH3 is 1. The molecule has 26 heavy (non-hydrogen) atoms. The highest BCUT2D eigenvalue weighted by Crippen LogP contribution is 2.24. The molecule has 2 aromatic rings. The number of halogens is 1. The van der Waals surface area contributed by atoms with Gasteiger partial charge in [0.15, 0.2) is 0 Å². The molecule has 0 bridgehead atoms. The molecule has 6 nitrogen and oxygen atoms in total. The van der Waals surface area contributed by atoms with Gasteiger partial charge in [-0.05, 0) is 37.3 Å². The smallest absolute Gasteiger partial charge is 0.243 e. The highest BCUT2D eigenvalue weighted by Gasteiger charge is 2.24. The summed E-state index contributed by atoms with van der Waals surface area (Å²) in [7, 11) is -0.861. The zero-order valence-electron chi connectivity index (χ0n) is 14.8. The number of nitrogens with one attached hydrogen (secondary N) is 1. The summed E-state index contributed by atoms with van der Waals surface area (Å²) in [5.74, 6) is 0.242. The SMILES string of the molecule is COc1ccccc1[C@H](C)NC(=O)CN(C)S(=O)(=O)c1ccc(Cl)cc1. The van der Waals surface area contributed by atoms with Crippen molar-refractivity contribution in [1.82, 2.24) is 9.62 Å². The molecule has 1 atom stereocenters. The van der Waals surface area contributed by atoms with Crippen molar-refractivity contribution in [3.63, 3.8) is 0 Å². The van der Waals surface area contributed by atoms with Gasteiger partial charge in [-0.25, -0.2) is 8.42 Å². The lowest BCUT2D eigenvalue weighted by atomic mass is 10.1. The monoisotopic (exact) mass is 396 g/mol. The van der Waals surface area contributed by atoms with Gasteiger partial charge in [0.2, 0.25) is 15.9 Å². The molecule has 0 spiro atoms. The largest absolute Gasteiger partial charge is 0.496 e. The number of carbonyl (C=O) groups is 1. The summed E-state index contributed by atoms with van der Waals surface area (Å²) in [4.78, 5) is 12.4. The van der Waals surface area contributed by atoms with Crippen molar-refractivity contribution in [2.75, 3.05) is 20.7 Å². The second-order valence-electron chi connectivity index (χ2n) is 5.75. The fourth-order valence-electron chi connectivity index (χ4n) is 2.46. The molecule has 1 amide bonds. The van der Waals surface area contributed by atoms with E-state index in [1.807, 2.05) is 25.1 Å². The minimum atomic E-state index is -3.77. The fourth-order valence-corrected chi connectivity index (χ4v) is 3.72. The second-order valence-corrected chi connectivity index (χ2v) is 8.23. The van der Waals surface area contributed by atoms with E-state index in [1.165, 1.54) is 31.3 Å². The lowest BCUT2D eigenvalue weighted by Gasteiger charge is -2.20. The van der Waals surface area contributed by atoms with E-state index in [0.717, 1.165) is 9.87 Å². The number of sulfonamides is 1. The van der Waals surface area contributed by atoms with Crippen LogP contribution in [0.25, 0.3) is 0 Å². The van der Waals surface area contributed by atoms with Crippen LogP contribution in [0, 0.1) is 0 Å². The van der Waals surface area contributed by atoms with Crippen molar-refractivity contribution in [3.8, 4) is 5.75 Å². The topological polar surface area (TPSA) is 75.7 Å². The van der Waals surface area contributed by atoms with E-state index < -0.39 is 15.9 Å². The lowest BCUT2D eigenvalue weighted by molar-refractivity contribution is -0.121. The molecular formula is C18H21ClN2O4S. The molecule has 0 saturated carbocycles. The van der Waals surface area contributed by atoms with Crippen LogP contribution in [0.2, 0.25) is 5.02 Å². The molecule has 0 aromatic heterocycles. The molecule has 0 saturated heterocycles. The van der Waals surface area contributed by atoms with Gasteiger partial charge in [-0.15, -0.1) is 0 Å². The first-order chi connectivity index (χ1) is 12.3. The number of benzene rings is 2. The van der Waals surface area contributed by atoms with Gasteiger partial charge in [-0.1, -0.05) is 29.8 Å². The van der Waals surface area contributed by atoms with E-state index in [2.05, 4.69) is 5.32 Å². The lowest BCUT2D eigenvalue weighted by Crippen LogP contribution is -2.39. The van der Waals surface area contributed by atoms with Crippen LogP contribution in [-0.2, 0) is 14.8 Å². The third-order valence-electron chi connectivity index (χ3n) is 3.87. The van der Waals surface area contributed by atoms with Gasteiger partial charge >= 0.3 is 0 Å². The van der Waals surface area contributed by atoms with E-state index in [0.29, 0.717) is 10.8 Å². The second kappa shape index (κ2) is 8.53. The predicted octanol–water partition coefficient (Wildman–Crippen LogP) is 2.85. The average Bonchev–Trinajstić information content (AvgIpc) is 2.61. The Balaban J connectivity index is 2.05. The zero-order valence-corrected chi connectivity index (χ0v) is 16.3. The van der Waals surface area contributed by atoms with Gasteiger partial charge in [0.1, 0.15) is 5.75 Å². The maximum Gasteiger partial charge on any atom is 0.243 e. The van der Waals surface area contributed by atoms with Crippen LogP contribution in [0.5, 0.6) is 5.75 Å². The Hall–Kier alpha value is -2.09. The Morgan fingerprint density at radius 2 is 1.81 bits per heavy atom. The Morgan fingerprint density at radius 1 is 1.19 bits per heavy atom. The number of hydrogen-bond acceptors (Lipinski definition) is 4. The summed E-state index contributed by atoms with van der Waals surface area (Å²) in [5, 5.41) is 3.23. The molecule has 0 aliphatic rings. The predicted molar refractivity (Wildman–Crippen MR) is 101 cm³/mol. The maximum atomic E-state index is 12.5. The Morgan fingerprint density at radius 3 is 2.42 bits per heavy atom. The number of amides is 1. The van der Waals surface area contributed by atoms with E-state index in [9.17, 15) is 13.2 Å². The van der Waals surface area contributed by atoms with Gasteiger partial charge in [-0.3, -0.25) is 4.79 Å². The number of rotatable bonds is 7. The van der Waals surface area contributed by atoms with Crippen molar-refractivity contribution in [1.29, 1.82) is 0 Å². The normalized spacial score (nSPS) is 12.7. The standard InChI is InChI=1S/C18H21ClN2O4S/c1-13(16-6-4-5-7-17(16)25-3)20-18(22)12-21(2)26(23,24)15-10-8-14(19)9-11-15/h4-11,13H,12H2,1-3H3,(H,20,22)/t13-/m0/s1. The van der Waals surface area contributed by atoms with Gasteiger partial charge in [0.25, 0.3) is 0 Å².